The number of thioether (sulfide) groups is 1. The number of aliphatic imine (C=N–C) groups is 1. The second-order valence-corrected chi connectivity index (χ2v) is 5.87. The zero-order valence-electron chi connectivity index (χ0n) is 11.6. The molecule has 0 radical (unpaired) electrons. The van der Waals surface area contributed by atoms with E-state index in [1.54, 1.807) is 14.2 Å². The first-order valence-electron chi connectivity index (χ1n) is 6.39. The summed E-state index contributed by atoms with van der Waals surface area (Å²) in [5, 5.41) is 5.03. The zero-order chi connectivity index (χ0) is 13.7. The lowest BCUT2D eigenvalue weighted by Crippen LogP contribution is -2.22. The minimum Gasteiger partial charge on any atom is -0.493 e. The fourth-order valence-electron chi connectivity index (χ4n) is 1.92. The Kier molecular flexibility index (Phi) is 4.96. The third kappa shape index (κ3) is 3.80. The molecule has 1 N–H and O–H groups in total. The van der Waals surface area contributed by atoms with E-state index >= 15 is 0 Å². The van der Waals surface area contributed by atoms with Gasteiger partial charge in [-0.25, -0.2) is 0 Å². The van der Waals surface area contributed by atoms with Gasteiger partial charge in [0.2, 0.25) is 0 Å². The van der Waals surface area contributed by atoms with E-state index < -0.39 is 0 Å². The van der Waals surface area contributed by atoms with Crippen molar-refractivity contribution in [2.24, 2.45) is 4.99 Å². The van der Waals surface area contributed by atoms with Crippen LogP contribution in [0.15, 0.2) is 23.2 Å². The molecule has 5 heteroatoms. The second kappa shape index (κ2) is 6.70. The minimum atomic E-state index is 0.601. The summed E-state index contributed by atoms with van der Waals surface area (Å²) in [6.07, 6.45) is 0.939. The van der Waals surface area contributed by atoms with Crippen LogP contribution in [0.2, 0.25) is 0 Å². The number of rotatable bonds is 5. The maximum Gasteiger partial charge on any atom is 0.160 e. The molecule has 0 fully saturated rings. The molecule has 0 saturated heterocycles. The van der Waals surface area contributed by atoms with Crippen LogP contribution >= 0.6 is 11.8 Å². The summed E-state index contributed by atoms with van der Waals surface area (Å²) in [6, 6.07) is 6.03. The molecule has 0 saturated carbocycles. The molecule has 0 amide bonds. The molecule has 1 aromatic carbocycles. The lowest BCUT2D eigenvalue weighted by Gasteiger charge is -2.10. The molecule has 0 aromatic heterocycles. The van der Waals surface area contributed by atoms with Crippen LogP contribution in [0.3, 0.4) is 0 Å². The maximum absolute atomic E-state index is 5.30. The summed E-state index contributed by atoms with van der Waals surface area (Å²) in [5.74, 6) is 1.55. The van der Waals surface area contributed by atoms with Gasteiger partial charge in [0, 0.05) is 11.8 Å². The molecule has 0 aliphatic carbocycles. The van der Waals surface area contributed by atoms with Gasteiger partial charge in [-0.1, -0.05) is 24.8 Å². The Balaban J connectivity index is 1.86. The van der Waals surface area contributed by atoms with Gasteiger partial charge in [-0.3, -0.25) is 4.99 Å². The third-order valence-corrected chi connectivity index (χ3v) is 3.99. The smallest absolute Gasteiger partial charge is 0.160 e. The highest BCUT2D eigenvalue weighted by atomic mass is 32.2. The van der Waals surface area contributed by atoms with Crippen molar-refractivity contribution < 1.29 is 9.47 Å². The van der Waals surface area contributed by atoms with Gasteiger partial charge in [0.15, 0.2) is 16.7 Å². The summed E-state index contributed by atoms with van der Waals surface area (Å²) in [7, 11) is 3.31. The van der Waals surface area contributed by atoms with E-state index in [0.29, 0.717) is 5.25 Å². The number of methoxy groups -OCH3 is 2. The van der Waals surface area contributed by atoms with Gasteiger partial charge in [0.25, 0.3) is 0 Å². The zero-order valence-corrected chi connectivity index (χ0v) is 12.4. The van der Waals surface area contributed by atoms with Crippen molar-refractivity contribution in [2.75, 3.05) is 27.3 Å². The Morgan fingerprint density at radius 2 is 2.11 bits per heavy atom. The van der Waals surface area contributed by atoms with Crippen LogP contribution in [-0.4, -0.2) is 37.7 Å². The molecule has 104 valence electrons. The van der Waals surface area contributed by atoms with Crippen LogP contribution in [0.5, 0.6) is 11.5 Å². The average molecular weight is 280 g/mol. The van der Waals surface area contributed by atoms with E-state index in [-0.39, 0.29) is 0 Å². The van der Waals surface area contributed by atoms with Gasteiger partial charge in [-0.15, -0.1) is 0 Å². The van der Waals surface area contributed by atoms with E-state index in [0.717, 1.165) is 36.2 Å². The Morgan fingerprint density at radius 1 is 1.32 bits per heavy atom. The number of hydrogen-bond donors (Lipinski definition) is 1. The Hall–Kier alpha value is -1.36. The molecule has 1 atom stereocenters. The fourth-order valence-corrected chi connectivity index (χ4v) is 2.79. The molecular weight excluding hydrogens is 260 g/mol. The van der Waals surface area contributed by atoms with Crippen molar-refractivity contribution in [2.45, 2.75) is 18.6 Å². The number of amidine groups is 1. The molecular formula is C14H20N2O2S. The molecule has 1 aliphatic rings. The first-order chi connectivity index (χ1) is 9.22. The SMILES string of the molecule is COc1ccc(CCNC2=NC[C@H](C)S2)cc1OC. The maximum atomic E-state index is 5.30. The van der Waals surface area contributed by atoms with Crippen molar-refractivity contribution in [1.82, 2.24) is 5.32 Å². The van der Waals surface area contributed by atoms with Crippen molar-refractivity contribution in [3.05, 3.63) is 23.8 Å². The summed E-state index contributed by atoms with van der Waals surface area (Å²) in [5.41, 5.74) is 1.22. The molecule has 0 bridgehead atoms. The standard InChI is InChI=1S/C14H20N2O2S/c1-10-9-16-14(19-10)15-7-6-11-4-5-12(17-2)13(8-11)18-3/h4-5,8,10H,6-7,9H2,1-3H3,(H,15,16)/t10-/m0/s1. The van der Waals surface area contributed by atoms with Crippen molar-refractivity contribution in [3.8, 4) is 11.5 Å². The average Bonchev–Trinajstić information content (AvgIpc) is 2.84. The van der Waals surface area contributed by atoms with E-state index in [1.165, 1.54) is 5.56 Å². The van der Waals surface area contributed by atoms with Crippen LogP contribution in [0.4, 0.5) is 0 Å². The summed E-state index contributed by atoms with van der Waals surface area (Å²) in [4.78, 5) is 4.43. The highest BCUT2D eigenvalue weighted by Crippen LogP contribution is 2.27. The largest absolute Gasteiger partial charge is 0.493 e. The molecule has 1 heterocycles. The fraction of sp³-hybridized carbons (Fsp3) is 0.500. The van der Waals surface area contributed by atoms with Crippen molar-refractivity contribution >= 4 is 16.9 Å². The monoisotopic (exact) mass is 280 g/mol. The van der Waals surface area contributed by atoms with Gasteiger partial charge in [-0.2, -0.15) is 0 Å². The van der Waals surface area contributed by atoms with E-state index in [1.807, 2.05) is 23.9 Å². The number of benzene rings is 1. The third-order valence-electron chi connectivity index (χ3n) is 2.94. The molecule has 19 heavy (non-hydrogen) atoms. The highest BCUT2D eigenvalue weighted by molar-refractivity contribution is 8.14. The highest BCUT2D eigenvalue weighted by Gasteiger charge is 2.14. The van der Waals surface area contributed by atoms with E-state index in [4.69, 9.17) is 9.47 Å². The van der Waals surface area contributed by atoms with Gasteiger partial charge in [-0.05, 0) is 24.1 Å². The minimum absolute atomic E-state index is 0.601. The van der Waals surface area contributed by atoms with Crippen LogP contribution in [0.25, 0.3) is 0 Å². The first-order valence-corrected chi connectivity index (χ1v) is 7.26. The number of ether oxygens (including phenoxy) is 2. The Morgan fingerprint density at radius 3 is 2.74 bits per heavy atom. The predicted molar refractivity (Wildman–Crippen MR) is 80.6 cm³/mol. The second-order valence-electron chi connectivity index (χ2n) is 4.44. The molecule has 2 rings (SSSR count). The molecule has 1 aliphatic heterocycles. The quantitative estimate of drug-likeness (QED) is 0.899. The van der Waals surface area contributed by atoms with E-state index in [2.05, 4.69) is 23.3 Å². The number of nitrogens with zero attached hydrogens (tertiary/aromatic N) is 1. The van der Waals surface area contributed by atoms with Gasteiger partial charge < -0.3 is 14.8 Å². The molecule has 1 aromatic rings. The summed E-state index contributed by atoms with van der Waals surface area (Å²) < 4.78 is 10.5. The molecule has 4 nitrogen and oxygen atoms in total. The van der Waals surface area contributed by atoms with Gasteiger partial charge >= 0.3 is 0 Å². The van der Waals surface area contributed by atoms with Gasteiger partial charge in [0.05, 0.1) is 20.8 Å². The van der Waals surface area contributed by atoms with Crippen LogP contribution in [0, 0.1) is 0 Å². The summed E-state index contributed by atoms with van der Waals surface area (Å²) in [6.45, 7) is 3.99. The molecule has 0 spiro atoms. The van der Waals surface area contributed by atoms with Gasteiger partial charge in [0.1, 0.15) is 0 Å². The van der Waals surface area contributed by atoms with Crippen LogP contribution < -0.4 is 14.8 Å². The summed E-state index contributed by atoms with van der Waals surface area (Å²) >= 11 is 1.81. The Bertz CT molecular complexity index is 463. The van der Waals surface area contributed by atoms with E-state index in [9.17, 15) is 0 Å². The number of hydrogen-bond acceptors (Lipinski definition) is 5. The topological polar surface area (TPSA) is 42.8 Å². The Labute approximate surface area is 118 Å². The molecule has 0 unspecified atom stereocenters. The van der Waals surface area contributed by atoms with Crippen LogP contribution in [-0.2, 0) is 6.42 Å². The lowest BCUT2D eigenvalue weighted by molar-refractivity contribution is 0.354. The first kappa shape index (κ1) is 14.1. The normalized spacial score (nSPS) is 18.1. The lowest BCUT2D eigenvalue weighted by atomic mass is 10.1. The number of nitrogens with one attached hydrogen (secondary N) is 1. The van der Waals surface area contributed by atoms with Crippen molar-refractivity contribution in [3.63, 3.8) is 0 Å². The van der Waals surface area contributed by atoms with Crippen molar-refractivity contribution in [1.29, 1.82) is 0 Å². The predicted octanol–water partition coefficient (Wildman–Crippen LogP) is 2.33. The van der Waals surface area contributed by atoms with Crippen LogP contribution in [0.1, 0.15) is 12.5 Å².